The Hall–Kier alpha value is -0.770. The van der Waals surface area contributed by atoms with Crippen LogP contribution in [0.3, 0.4) is 0 Å². The summed E-state index contributed by atoms with van der Waals surface area (Å²) in [5.74, 6) is -0.980. The van der Waals surface area contributed by atoms with Crippen molar-refractivity contribution in [3.05, 3.63) is 0 Å². The van der Waals surface area contributed by atoms with Crippen LogP contribution in [-0.2, 0) is 23.7 Å². The molecule has 0 atom stereocenters. The van der Waals surface area contributed by atoms with Crippen LogP contribution in [0.2, 0.25) is 0 Å². The molecular weight excluding hydrogens is 306 g/mol. The molecule has 1 aliphatic heterocycles. The molecule has 0 spiro atoms. The molecule has 23 heavy (non-hydrogen) atoms. The van der Waals surface area contributed by atoms with Crippen molar-refractivity contribution in [1.82, 2.24) is 4.90 Å². The number of carboxylic acid groups (broad SMARTS) is 1. The molecule has 1 fully saturated rings. The molecule has 0 bridgehead atoms. The molecule has 0 aliphatic carbocycles. The minimum absolute atomic E-state index is 0.133. The van der Waals surface area contributed by atoms with Gasteiger partial charge >= 0.3 is 5.97 Å². The Morgan fingerprint density at radius 1 is 0.870 bits per heavy atom. The number of aliphatic hydroxyl groups is 1. The van der Waals surface area contributed by atoms with Gasteiger partial charge < -0.3 is 34.1 Å². The molecule has 2 N–H and O–H groups in total. The number of ether oxygens (including phenoxy) is 4. The number of likely N-dealkylation sites (tertiary alicyclic amines) is 1. The molecule has 1 saturated heterocycles. The van der Waals surface area contributed by atoms with Gasteiger partial charge in [-0.05, 0) is 12.8 Å². The van der Waals surface area contributed by atoms with Gasteiger partial charge in [-0.3, -0.25) is 0 Å². The van der Waals surface area contributed by atoms with Crippen LogP contribution in [0.25, 0.3) is 0 Å². The number of nitrogens with zero attached hydrogens (tertiary/aromatic N) is 1. The predicted octanol–water partition coefficient (Wildman–Crippen LogP) is -0.406. The van der Waals surface area contributed by atoms with Crippen molar-refractivity contribution >= 4 is 5.97 Å². The highest BCUT2D eigenvalue weighted by atomic mass is 16.6. The summed E-state index contributed by atoms with van der Waals surface area (Å²) in [5, 5.41) is 17.8. The lowest BCUT2D eigenvalue weighted by atomic mass is 10.1. The number of aliphatic hydroxyl groups excluding tert-OH is 1. The Morgan fingerprint density at radius 2 is 1.35 bits per heavy atom. The van der Waals surface area contributed by atoms with Gasteiger partial charge in [0.05, 0.1) is 52.4 Å². The summed E-state index contributed by atoms with van der Waals surface area (Å²) in [6, 6.07) is 0. The molecule has 136 valence electrons. The fraction of sp³-hybridized carbons (Fsp3) is 0.933. The van der Waals surface area contributed by atoms with Crippen molar-refractivity contribution in [2.45, 2.75) is 18.9 Å². The van der Waals surface area contributed by atoms with Crippen molar-refractivity contribution in [3.8, 4) is 0 Å². The minimum Gasteiger partial charge on any atom is -0.480 e. The number of hydrogen-bond acceptors (Lipinski definition) is 7. The van der Waals surface area contributed by atoms with E-state index in [0.717, 1.165) is 32.5 Å². The normalized spacial score (nSPS) is 16.7. The zero-order valence-corrected chi connectivity index (χ0v) is 13.7. The molecule has 1 aliphatic rings. The number of carboxylic acids is 1. The highest BCUT2D eigenvalue weighted by Crippen LogP contribution is 2.08. The van der Waals surface area contributed by atoms with E-state index in [1.165, 1.54) is 0 Å². The maximum Gasteiger partial charge on any atom is 0.329 e. The lowest BCUT2D eigenvalue weighted by Crippen LogP contribution is -2.37. The number of hydrogen-bond donors (Lipinski definition) is 2. The largest absolute Gasteiger partial charge is 0.480 e. The van der Waals surface area contributed by atoms with Crippen molar-refractivity contribution in [2.75, 3.05) is 72.5 Å². The van der Waals surface area contributed by atoms with Gasteiger partial charge in [-0.2, -0.15) is 0 Å². The zero-order chi connectivity index (χ0) is 16.8. The van der Waals surface area contributed by atoms with Gasteiger partial charge in [0.25, 0.3) is 0 Å². The van der Waals surface area contributed by atoms with Crippen LogP contribution in [0.15, 0.2) is 0 Å². The van der Waals surface area contributed by atoms with Crippen LogP contribution in [0.1, 0.15) is 12.8 Å². The minimum atomic E-state index is -0.980. The SMILES string of the molecule is O=C(O)COCCOCCOCCOCCN1CCC(O)CC1. The van der Waals surface area contributed by atoms with Gasteiger partial charge in [-0.25, -0.2) is 4.79 Å². The maximum atomic E-state index is 10.2. The summed E-state index contributed by atoms with van der Waals surface area (Å²) in [6.45, 7) is 5.79. The Labute approximate surface area is 137 Å². The van der Waals surface area contributed by atoms with Crippen LogP contribution in [-0.4, -0.2) is 99.7 Å². The predicted molar refractivity (Wildman–Crippen MR) is 82.6 cm³/mol. The summed E-state index contributed by atoms with van der Waals surface area (Å²) in [6.07, 6.45) is 1.57. The van der Waals surface area contributed by atoms with Gasteiger partial charge in [-0.1, -0.05) is 0 Å². The molecule has 0 saturated carbocycles. The first-order chi connectivity index (χ1) is 11.2. The third kappa shape index (κ3) is 12.3. The van der Waals surface area contributed by atoms with Gasteiger partial charge in [0.1, 0.15) is 6.61 Å². The average molecular weight is 335 g/mol. The summed E-state index contributed by atoms with van der Waals surface area (Å²) < 4.78 is 20.9. The number of aliphatic carboxylic acids is 1. The van der Waals surface area contributed by atoms with Gasteiger partial charge in [0.2, 0.25) is 0 Å². The van der Waals surface area contributed by atoms with E-state index < -0.39 is 5.97 Å². The van der Waals surface area contributed by atoms with Crippen molar-refractivity contribution < 1.29 is 34.0 Å². The average Bonchev–Trinajstić information content (AvgIpc) is 2.53. The van der Waals surface area contributed by atoms with E-state index in [4.69, 9.17) is 24.1 Å². The Balaban J connectivity index is 1.72. The lowest BCUT2D eigenvalue weighted by Gasteiger charge is -2.29. The summed E-state index contributed by atoms with van der Waals surface area (Å²) >= 11 is 0. The third-order valence-corrected chi connectivity index (χ3v) is 3.45. The highest BCUT2D eigenvalue weighted by molar-refractivity contribution is 5.67. The second-order valence-electron chi connectivity index (χ2n) is 5.36. The Morgan fingerprint density at radius 3 is 1.87 bits per heavy atom. The first-order valence-corrected chi connectivity index (χ1v) is 8.11. The summed E-state index contributed by atoms with van der Waals surface area (Å²) in [4.78, 5) is 12.5. The van der Waals surface area contributed by atoms with E-state index in [9.17, 15) is 9.90 Å². The molecule has 0 aromatic rings. The van der Waals surface area contributed by atoms with E-state index in [1.54, 1.807) is 0 Å². The van der Waals surface area contributed by atoms with Crippen molar-refractivity contribution in [1.29, 1.82) is 0 Å². The van der Waals surface area contributed by atoms with Crippen LogP contribution < -0.4 is 0 Å². The second-order valence-corrected chi connectivity index (χ2v) is 5.36. The fourth-order valence-electron chi connectivity index (χ4n) is 2.16. The molecule has 0 radical (unpaired) electrons. The molecule has 0 aromatic heterocycles. The molecule has 0 amide bonds. The molecule has 1 rings (SSSR count). The molecule has 8 heteroatoms. The van der Waals surface area contributed by atoms with Crippen LogP contribution in [0.5, 0.6) is 0 Å². The van der Waals surface area contributed by atoms with Crippen molar-refractivity contribution in [3.63, 3.8) is 0 Å². The summed E-state index contributed by atoms with van der Waals surface area (Å²) in [7, 11) is 0. The van der Waals surface area contributed by atoms with E-state index in [1.807, 2.05) is 0 Å². The topological polar surface area (TPSA) is 97.7 Å². The molecule has 8 nitrogen and oxygen atoms in total. The van der Waals surface area contributed by atoms with Crippen LogP contribution in [0.4, 0.5) is 0 Å². The maximum absolute atomic E-state index is 10.2. The quantitative estimate of drug-likeness (QED) is 0.414. The first-order valence-electron chi connectivity index (χ1n) is 8.11. The highest BCUT2D eigenvalue weighted by Gasteiger charge is 2.15. The molecule has 0 unspecified atom stereocenters. The van der Waals surface area contributed by atoms with E-state index in [0.29, 0.717) is 39.6 Å². The molecule has 1 heterocycles. The van der Waals surface area contributed by atoms with Gasteiger partial charge in [0, 0.05) is 19.6 Å². The smallest absolute Gasteiger partial charge is 0.329 e. The van der Waals surface area contributed by atoms with Crippen LogP contribution >= 0.6 is 0 Å². The monoisotopic (exact) mass is 335 g/mol. The van der Waals surface area contributed by atoms with Crippen molar-refractivity contribution in [2.24, 2.45) is 0 Å². The van der Waals surface area contributed by atoms with Gasteiger partial charge in [0.15, 0.2) is 0 Å². The molecule has 0 aromatic carbocycles. The summed E-state index contributed by atoms with van der Waals surface area (Å²) in [5.41, 5.74) is 0. The fourth-order valence-corrected chi connectivity index (χ4v) is 2.16. The molecular formula is C15H29NO7. The number of carbonyl (C=O) groups is 1. The number of rotatable bonds is 14. The zero-order valence-electron chi connectivity index (χ0n) is 13.7. The first kappa shape index (κ1) is 20.3. The standard InChI is InChI=1S/C15H29NO7/c17-14-1-3-16(4-2-14)5-6-20-7-8-21-9-10-22-11-12-23-13-15(18)19/h14,17H,1-13H2,(H,18,19). The second kappa shape index (κ2) is 13.6. The van der Waals surface area contributed by atoms with E-state index in [2.05, 4.69) is 4.90 Å². The number of piperidine rings is 1. The van der Waals surface area contributed by atoms with E-state index in [-0.39, 0.29) is 19.3 Å². The van der Waals surface area contributed by atoms with Gasteiger partial charge in [-0.15, -0.1) is 0 Å². The van der Waals surface area contributed by atoms with E-state index >= 15 is 0 Å². The lowest BCUT2D eigenvalue weighted by molar-refractivity contribution is -0.142. The third-order valence-electron chi connectivity index (χ3n) is 3.45. The van der Waals surface area contributed by atoms with Crippen LogP contribution in [0, 0.1) is 0 Å². The Kier molecular flexibility index (Phi) is 12.0. The Bertz CT molecular complexity index is 296.